The van der Waals surface area contributed by atoms with Crippen LogP contribution in [-0.2, 0) is 0 Å². The standard InChI is InChI=1S/C11H9Br3N4O/c1-15-11(19)16-6-2-4-7(5-3-6)18-10(14)8(12)9(13)17-18/h2-5H,1H3,(H2,15,16,19). The zero-order valence-electron chi connectivity index (χ0n) is 9.75. The molecule has 0 aliphatic heterocycles. The van der Waals surface area contributed by atoms with Crippen LogP contribution in [0.2, 0.25) is 0 Å². The first kappa shape index (κ1) is 14.5. The van der Waals surface area contributed by atoms with Crippen LogP contribution in [0.1, 0.15) is 0 Å². The average molecular weight is 453 g/mol. The van der Waals surface area contributed by atoms with Gasteiger partial charge in [-0.15, -0.1) is 0 Å². The molecule has 0 fully saturated rings. The quantitative estimate of drug-likeness (QED) is 0.725. The van der Waals surface area contributed by atoms with Crippen LogP contribution in [0.5, 0.6) is 0 Å². The monoisotopic (exact) mass is 450 g/mol. The van der Waals surface area contributed by atoms with Gasteiger partial charge in [0.1, 0.15) is 9.21 Å². The van der Waals surface area contributed by atoms with Gasteiger partial charge in [-0.3, -0.25) is 0 Å². The van der Waals surface area contributed by atoms with Gasteiger partial charge in [0.05, 0.1) is 10.2 Å². The Bertz CT molecular complexity index is 609. The smallest absolute Gasteiger partial charge is 0.318 e. The largest absolute Gasteiger partial charge is 0.341 e. The van der Waals surface area contributed by atoms with Gasteiger partial charge in [0.15, 0.2) is 0 Å². The molecule has 0 aliphatic rings. The summed E-state index contributed by atoms with van der Waals surface area (Å²) in [6.45, 7) is 0. The first-order valence-electron chi connectivity index (χ1n) is 5.21. The van der Waals surface area contributed by atoms with E-state index in [1.54, 1.807) is 23.9 Å². The fourth-order valence-corrected chi connectivity index (χ4v) is 2.74. The van der Waals surface area contributed by atoms with Gasteiger partial charge in [0, 0.05) is 12.7 Å². The number of nitrogens with one attached hydrogen (secondary N) is 2. The Hall–Kier alpha value is -0.860. The molecule has 2 aromatic rings. The van der Waals surface area contributed by atoms with Crippen molar-refractivity contribution in [3.63, 3.8) is 0 Å². The van der Waals surface area contributed by atoms with Gasteiger partial charge in [-0.25, -0.2) is 9.48 Å². The van der Waals surface area contributed by atoms with Crippen molar-refractivity contribution in [2.75, 3.05) is 12.4 Å². The fraction of sp³-hybridized carbons (Fsp3) is 0.0909. The van der Waals surface area contributed by atoms with E-state index in [0.717, 1.165) is 14.8 Å². The van der Waals surface area contributed by atoms with E-state index in [-0.39, 0.29) is 6.03 Å². The minimum absolute atomic E-state index is 0.251. The number of anilines is 1. The average Bonchev–Trinajstić information content (AvgIpc) is 2.67. The lowest BCUT2D eigenvalue weighted by atomic mass is 10.3. The van der Waals surface area contributed by atoms with Crippen molar-refractivity contribution in [1.82, 2.24) is 15.1 Å². The first-order chi connectivity index (χ1) is 9.02. The molecule has 0 bridgehead atoms. The molecule has 8 heteroatoms. The van der Waals surface area contributed by atoms with E-state index in [4.69, 9.17) is 0 Å². The van der Waals surface area contributed by atoms with Gasteiger partial charge in [-0.05, 0) is 72.1 Å². The second-order valence-electron chi connectivity index (χ2n) is 3.56. The number of halogens is 3. The molecule has 19 heavy (non-hydrogen) atoms. The van der Waals surface area contributed by atoms with Crippen LogP contribution in [0.15, 0.2) is 37.9 Å². The lowest BCUT2D eigenvalue weighted by Crippen LogP contribution is -2.24. The molecule has 0 spiro atoms. The zero-order valence-corrected chi connectivity index (χ0v) is 14.5. The number of hydrogen-bond donors (Lipinski definition) is 2. The van der Waals surface area contributed by atoms with Crippen LogP contribution in [0.4, 0.5) is 10.5 Å². The summed E-state index contributed by atoms with van der Waals surface area (Å²) in [5.74, 6) is 0. The summed E-state index contributed by atoms with van der Waals surface area (Å²) in [4.78, 5) is 11.2. The normalized spacial score (nSPS) is 10.3. The van der Waals surface area contributed by atoms with E-state index in [0.29, 0.717) is 10.3 Å². The van der Waals surface area contributed by atoms with Gasteiger partial charge in [0.25, 0.3) is 0 Å². The maximum Gasteiger partial charge on any atom is 0.318 e. The van der Waals surface area contributed by atoms with E-state index < -0.39 is 0 Å². The summed E-state index contributed by atoms with van der Waals surface area (Å²) in [6, 6.07) is 7.09. The van der Waals surface area contributed by atoms with Crippen molar-refractivity contribution < 1.29 is 4.79 Å². The molecule has 0 saturated heterocycles. The third-order valence-electron chi connectivity index (χ3n) is 2.33. The number of carbonyl (C=O) groups excluding carboxylic acids is 1. The number of nitrogens with zero attached hydrogens (tertiary/aromatic N) is 2. The number of benzene rings is 1. The second kappa shape index (κ2) is 6.06. The van der Waals surface area contributed by atoms with E-state index in [1.807, 2.05) is 12.1 Å². The highest BCUT2D eigenvalue weighted by molar-refractivity contribution is 9.14. The SMILES string of the molecule is CNC(=O)Nc1ccc(-n2nc(Br)c(Br)c2Br)cc1. The lowest BCUT2D eigenvalue weighted by Gasteiger charge is -2.06. The predicted molar refractivity (Wildman–Crippen MR) is 84.7 cm³/mol. The van der Waals surface area contributed by atoms with E-state index in [2.05, 4.69) is 63.5 Å². The Balaban J connectivity index is 2.27. The molecular weight excluding hydrogens is 444 g/mol. The van der Waals surface area contributed by atoms with Gasteiger partial charge < -0.3 is 10.6 Å². The van der Waals surface area contributed by atoms with Crippen LogP contribution in [0.25, 0.3) is 5.69 Å². The Morgan fingerprint density at radius 2 is 1.84 bits per heavy atom. The van der Waals surface area contributed by atoms with Crippen molar-refractivity contribution in [2.45, 2.75) is 0 Å². The highest BCUT2D eigenvalue weighted by Crippen LogP contribution is 2.32. The molecule has 1 aromatic heterocycles. The minimum atomic E-state index is -0.251. The molecule has 2 amide bonds. The summed E-state index contributed by atoms with van der Waals surface area (Å²) in [5.41, 5.74) is 1.59. The number of aromatic nitrogens is 2. The van der Waals surface area contributed by atoms with Crippen LogP contribution >= 0.6 is 47.8 Å². The maximum absolute atomic E-state index is 11.2. The van der Waals surface area contributed by atoms with Crippen LogP contribution < -0.4 is 10.6 Å². The molecular formula is C11H9Br3N4O. The zero-order chi connectivity index (χ0) is 14.0. The van der Waals surface area contributed by atoms with E-state index >= 15 is 0 Å². The first-order valence-corrected chi connectivity index (χ1v) is 7.59. The lowest BCUT2D eigenvalue weighted by molar-refractivity contribution is 0.254. The van der Waals surface area contributed by atoms with Crippen molar-refractivity contribution in [2.24, 2.45) is 0 Å². The Labute approximate surface area is 135 Å². The van der Waals surface area contributed by atoms with Crippen LogP contribution in [-0.4, -0.2) is 22.9 Å². The van der Waals surface area contributed by atoms with E-state index in [9.17, 15) is 4.79 Å². The molecule has 100 valence electrons. The molecule has 2 rings (SSSR count). The number of amides is 2. The molecule has 0 radical (unpaired) electrons. The van der Waals surface area contributed by atoms with Gasteiger partial charge in [0.2, 0.25) is 0 Å². The van der Waals surface area contributed by atoms with E-state index in [1.165, 1.54) is 0 Å². The molecule has 1 aromatic carbocycles. The van der Waals surface area contributed by atoms with Crippen molar-refractivity contribution in [1.29, 1.82) is 0 Å². The fourth-order valence-electron chi connectivity index (χ4n) is 1.40. The molecule has 0 aliphatic carbocycles. The van der Waals surface area contributed by atoms with Crippen molar-refractivity contribution in [3.05, 3.63) is 37.9 Å². The highest BCUT2D eigenvalue weighted by Gasteiger charge is 2.12. The summed E-state index contributed by atoms with van der Waals surface area (Å²) in [6.07, 6.45) is 0. The second-order valence-corrected chi connectivity index (χ2v) is 5.85. The Morgan fingerprint density at radius 1 is 1.21 bits per heavy atom. The predicted octanol–water partition coefficient (Wildman–Crippen LogP) is 3.91. The van der Waals surface area contributed by atoms with Gasteiger partial charge in [-0.2, -0.15) is 5.10 Å². The summed E-state index contributed by atoms with van der Waals surface area (Å²) >= 11 is 10.2. The van der Waals surface area contributed by atoms with Gasteiger partial charge in [-0.1, -0.05) is 0 Å². The topological polar surface area (TPSA) is 59.0 Å². The third-order valence-corrected chi connectivity index (χ3v) is 5.44. The molecule has 0 unspecified atom stereocenters. The third kappa shape index (κ3) is 3.18. The van der Waals surface area contributed by atoms with Crippen molar-refractivity contribution >= 4 is 59.5 Å². The molecule has 0 atom stereocenters. The minimum Gasteiger partial charge on any atom is -0.341 e. The number of urea groups is 1. The molecule has 1 heterocycles. The maximum atomic E-state index is 11.2. The molecule has 2 N–H and O–H groups in total. The summed E-state index contributed by atoms with van der Waals surface area (Å²) in [7, 11) is 1.57. The number of hydrogen-bond acceptors (Lipinski definition) is 2. The highest BCUT2D eigenvalue weighted by atomic mass is 79.9. The summed E-state index contributed by atoms with van der Waals surface area (Å²) < 4.78 is 4.11. The Morgan fingerprint density at radius 3 is 2.32 bits per heavy atom. The Kier molecular flexibility index (Phi) is 4.64. The number of rotatable bonds is 2. The van der Waals surface area contributed by atoms with Crippen LogP contribution in [0, 0.1) is 0 Å². The molecule has 0 saturated carbocycles. The number of carbonyl (C=O) groups is 1. The van der Waals surface area contributed by atoms with Gasteiger partial charge >= 0.3 is 6.03 Å². The van der Waals surface area contributed by atoms with Crippen molar-refractivity contribution in [3.8, 4) is 5.69 Å². The molecule has 5 nitrogen and oxygen atoms in total. The summed E-state index contributed by atoms with van der Waals surface area (Å²) in [5, 5.41) is 9.51. The van der Waals surface area contributed by atoms with Crippen LogP contribution in [0.3, 0.4) is 0 Å².